The highest BCUT2D eigenvalue weighted by Gasteiger charge is 2.12. The van der Waals surface area contributed by atoms with E-state index in [0.717, 1.165) is 20.9 Å². The fraction of sp³-hybridized carbons (Fsp3) is 0.308. The molecule has 0 bridgehead atoms. The van der Waals surface area contributed by atoms with Crippen LogP contribution in [0.25, 0.3) is 0 Å². The van der Waals surface area contributed by atoms with Crippen LogP contribution >= 0.6 is 27.3 Å². The Labute approximate surface area is 124 Å². The number of carbonyl (C=O) groups is 1. The van der Waals surface area contributed by atoms with E-state index < -0.39 is 0 Å². The Morgan fingerprint density at radius 1 is 1.53 bits per heavy atom. The molecule has 0 aliphatic heterocycles. The van der Waals surface area contributed by atoms with Crippen LogP contribution in [-0.2, 0) is 6.54 Å². The molecule has 0 saturated carbocycles. The summed E-state index contributed by atoms with van der Waals surface area (Å²) >= 11 is 4.98. The molecule has 2 heterocycles. The number of carbonyl (C=O) groups excluding carboxylic acids is 1. The third kappa shape index (κ3) is 4.11. The van der Waals surface area contributed by atoms with E-state index in [-0.39, 0.29) is 12.1 Å². The first-order valence-corrected chi connectivity index (χ1v) is 7.55. The highest BCUT2D eigenvalue weighted by molar-refractivity contribution is 9.10. The van der Waals surface area contributed by atoms with Crippen molar-refractivity contribution >= 4 is 33.3 Å². The van der Waals surface area contributed by atoms with E-state index in [1.54, 1.807) is 11.3 Å². The van der Waals surface area contributed by atoms with Gasteiger partial charge in [-0.3, -0.25) is 0 Å². The molecule has 0 aliphatic carbocycles. The molecular formula is C13H15BrN2O2S. The Hall–Kier alpha value is -1.27. The second-order valence-electron chi connectivity index (χ2n) is 4.23. The van der Waals surface area contributed by atoms with Crippen LogP contribution in [0, 0.1) is 6.92 Å². The molecule has 4 nitrogen and oxygen atoms in total. The summed E-state index contributed by atoms with van der Waals surface area (Å²) in [5.74, 6) is 1.60. The van der Waals surface area contributed by atoms with Gasteiger partial charge in [0.25, 0.3) is 0 Å². The minimum Gasteiger partial charge on any atom is -0.464 e. The van der Waals surface area contributed by atoms with Gasteiger partial charge in [-0.15, -0.1) is 11.3 Å². The number of nitrogens with one attached hydrogen (secondary N) is 2. The van der Waals surface area contributed by atoms with Crippen molar-refractivity contribution in [2.75, 3.05) is 0 Å². The predicted molar refractivity (Wildman–Crippen MR) is 79.3 cm³/mol. The average Bonchev–Trinajstić information content (AvgIpc) is 2.95. The molecule has 2 aromatic rings. The van der Waals surface area contributed by atoms with Crippen molar-refractivity contribution in [1.29, 1.82) is 0 Å². The van der Waals surface area contributed by atoms with Crippen LogP contribution in [0.1, 0.15) is 29.4 Å². The summed E-state index contributed by atoms with van der Waals surface area (Å²) in [7, 11) is 0. The molecule has 0 spiro atoms. The summed E-state index contributed by atoms with van der Waals surface area (Å²) in [6.45, 7) is 4.29. The fourth-order valence-corrected chi connectivity index (χ4v) is 3.01. The number of furan rings is 1. The van der Waals surface area contributed by atoms with Crippen LogP contribution in [0.2, 0.25) is 0 Å². The highest BCUT2D eigenvalue weighted by Crippen LogP contribution is 2.19. The van der Waals surface area contributed by atoms with Gasteiger partial charge in [0.1, 0.15) is 11.5 Å². The second-order valence-corrected chi connectivity index (χ2v) is 6.14. The van der Waals surface area contributed by atoms with Gasteiger partial charge in [-0.2, -0.15) is 0 Å². The predicted octanol–water partition coefficient (Wildman–Crippen LogP) is 3.97. The normalized spacial score (nSPS) is 12.2. The van der Waals surface area contributed by atoms with Gasteiger partial charge < -0.3 is 15.1 Å². The third-order valence-electron chi connectivity index (χ3n) is 2.58. The first-order chi connectivity index (χ1) is 9.04. The Morgan fingerprint density at radius 3 is 2.89 bits per heavy atom. The van der Waals surface area contributed by atoms with Crippen molar-refractivity contribution < 1.29 is 9.21 Å². The van der Waals surface area contributed by atoms with E-state index in [1.165, 1.54) is 0 Å². The van der Waals surface area contributed by atoms with E-state index in [1.807, 2.05) is 37.4 Å². The number of urea groups is 1. The van der Waals surface area contributed by atoms with Crippen molar-refractivity contribution in [3.8, 4) is 0 Å². The van der Waals surface area contributed by atoms with Gasteiger partial charge in [0.2, 0.25) is 0 Å². The number of aryl methyl sites for hydroxylation is 1. The molecule has 0 aliphatic rings. The van der Waals surface area contributed by atoms with Crippen molar-refractivity contribution in [1.82, 2.24) is 10.6 Å². The average molecular weight is 343 g/mol. The summed E-state index contributed by atoms with van der Waals surface area (Å²) in [6, 6.07) is 5.39. The lowest BCUT2D eigenvalue weighted by Crippen LogP contribution is -2.36. The zero-order valence-electron chi connectivity index (χ0n) is 10.7. The largest absolute Gasteiger partial charge is 0.464 e. The van der Waals surface area contributed by atoms with E-state index >= 15 is 0 Å². The fourth-order valence-electron chi connectivity index (χ4n) is 1.62. The van der Waals surface area contributed by atoms with Gasteiger partial charge in [-0.25, -0.2) is 4.79 Å². The van der Waals surface area contributed by atoms with Crippen LogP contribution in [0.15, 0.2) is 32.5 Å². The van der Waals surface area contributed by atoms with E-state index in [9.17, 15) is 4.79 Å². The van der Waals surface area contributed by atoms with Crippen LogP contribution in [0.4, 0.5) is 4.79 Å². The molecule has 1 unspecified atom stereocenters. The Balaban J connectivity index is 1.81. The SMILES string of the molecule is Cc1ccc(C(C)NC(=O)NCc2cc(Br)cs2)o1. The first kappa shape index (κ1) is 14.1. The summed E-state index contributed by atoms with van der Waals surface area (Å²) in [4.78, 5) is 12.8. The van der Waals surface area contributed by atoms with Gasteiger partial charge in [0, 0.05) is 14.7 Å². The number of thiophene rings is 1. The summed E-state index contributed by atoms with van der Waals surface area (Å²) in [5.41, 5.74) is 0. The molecule has 2 amide bonds. The number of amides is 2. The lowest BCUT2D eigenvalue weighted by atomic mass is 10.2. The molecule has 19 heavy (non-hydrogen) atoms. The Kier molecular flexibility index (Phi) is 4.66. The highest BCUT2D eigenvalue weighted by atomic mass is 79.9. The van der Waals surface area contributed by atoms with Crippen LogP contribution in [0.3, 0.4) is 0 Å². The van der Waals surface area contributed by atoms with Crippen molar-refractivity contribution in [2.24, 2.45) is 0 Å². The summed E-state index contributed by atoms with van der Waals surface area (Å²) < 4.78 is 6.50. The molecule has 102 valence electrons. The third-order valence-corrected chi connectivity index (χ3v) is 4.28. The lowest BCUT2D eigenvalue weighted by molar-refractivity contribution is 0.235. The van der Waals surface area contributed by atoms with Crippen LogP contribution in [0.5, 0.6) is 0 Å². The number of rotatable bonds is 4. The molecule has 2 rings (SSSR count). The van der Waals surface area contributed by atoms with Gasteiger partial charge in [0.05, 0.1) is 12.6 Å². The Morgan fingerprint density at radius 2 is 2.32 bits per heavy atom. The maximum absolute atomic E-state index is 11.7. The minimum atomic E-state index is -0.203. The zero-order chi connectivity index (χ0) is 13.8. The molecule has 1 atom stereocenters. The molecule has 0 fully saturated rings. The van der Waals surface area contributed by atoms with Crippen LogP contribution in [-0.4, -0.2) is 6.03 Å². The summed E-state index contributed by atoms with van der Waals surface area (Å²) in [6.07, 6.45) is 0. The van der Waals surface area contributed by atoms with E-state index in [0.29, 0.717) is 6.54 Å². The molecule has 2 aromatic heterocycles. The van der Waals surface area contributed by atoms with Gasteiger partial charge in [0.15, 0.2) is 0 Å². The monoisotopic (exact) mass is 342 g/mol. The van der Waals surface area contributed by atoms with Crippen LogP contribution < -0.4 is 10.6 Å². The molecule has 6 heteroatoms. The Bertz CT molecular complexity index is 564. The number of halogens is 1. The van der Waals surface area contributed by atoms with E-state index in [2.05, 4.69) is 26.6 Å². The first-order valence-electron chi connectivity index (χ1n) is 5.88. The van der Waals surface area contributed by atoms with Gasteiger partial charge in [-0.1, -0.05) is 0 Å². The maximum Gasteiger partial charge on any atom is 0.315 e. The summed E-state index contributed by atoms with van der Waals surface area (Å²) in [5, 5.41) is 7.64. The smallest absolute Gasteiger partial charge is 0.315 e. The quantitative estimate of drug-likeness (QED) is 0.883. The van der Waals surface area contributed by atoms with Crippen molar-refractivity contribution in [2.45, 2.75) is 26.4 Å². The topological polar surface area (TPSA) is 54.3 Å². The molecule has 2 N–H and O–H groups in total. The van der Waals surface area contributed by atoms with Crippen molar-refractivity contribution in [3.63, 3.8) is 0 Å². The second kappa shape index (κ2) is 6.25. The lowest BCUT2D eigenvalue weighted by Gasteiger charge is -2.12. The molecule has 0 radical (unpaired) electrons. The number of hydrogen-bond acceptors (Lipinski definition) is 3. The van der Waals surface area contributed by atoms with Crippen molar-refractivity contribution in [3.05, 3.63) is 44.4 Å². The standard InChI is InChI=1S/C13H15BrN2O2S/c1-8-3-4-12(18-8)9(2)16-13(17)15-6-11-5-10(14)7-19-11/h3-5,7,9H,6H2,1-2H3,(H2,15,16,17). The molecule has 0 saturated heterocycles. The maximum atomic E-state index is 11.7. The van der Waals surface area contributed by atoms with Gasteiger partial charge >= 0.3 is 6.03 Å². The number of hydrogen-bond donors (Lipinski definition) is 2. The van der Waals surface area contributed by atoms with Gasteiger partial charge in [-0.05, 0) is 48.0 Å². The van der Waals surface area contributed by atoms with E-state index in [4.69, 9.17) is 4.42 Å². The molecule has 0 aromatic carbocycles. The minimum absolute atomic E-state index is 0.149. The molecular weight excluding hydrogens is 328 g/mol. The zero-order valence-corrected chi connectivity index (χ0v) is 13.1.